The lowest BCUT2D eigenvalue weighted by Gasteiger charge is -2.20. The Morgan fingerprint density at radius 2 is 1.95 bits per heavy atom. The largest absolute Gasteiger partial charge is 0.395 e. The highest BCUT2D eigenvalue weighted by Gasteiger charge is 2.24. The summed E-state index contributed by atoms with van der Waals surface area (Å²) in [4.78, 5) is 3.89. The van der Waals surface area contributed by atoms with Crippen molar-refractivity contribution in [3.63, 3.8) is 0 Å². The molecule has 0 saturated heterocycles. The molecule has 0 unspecified atom stereocenters. The van der Waals surface area contributed by atoms with Gasteiger partial charge in [-0.15, -0.1) is 0 Å². The maximum atomic E-state index is 12.3. The van der Waals surface area contributed by atoms with Crippen LogP contribution < -0.4 is 5.32 Å². The van der Waals surface area contributed by atoms with Crippen molar-refractivity contribution in [2.45, 2.75) is 11.8 Å². The van der Waals surface area contributed by atoms with Gasteiger partial charge in [0.15, 0.2) is 0 Å². The van der Waals surface area contributed by atoms with Crippen LogP contribution in [0.1, 0.15) is 6.92 Å². The number of aliphatic hydroxyl groups excluding tert-OH is 2. The van der Waals surface area contributed by atoms with Gasteiger partial charge < -0.3 is 15.5 Å². The van der Waals surface area contributed by atoms with Crippen LogP contribution in [0.15, 0.2) is 17.2 Å². The first-order valence-electron chi connectivity index (χ1n) is 6.08. The summed E-state index contributed by atoms with van der Waals surface area (Å²) >= 11 is 5.97. The molecule has 0 aromatic carbocycles. The minimum absolute atomic E-state index is 0.0777. The molecule has 0 amide bonds. The Labute approximate surface area is 123 Å². The molecule has 7 nitrogen and oxygen atoms in total. The second-order valence-electron chi connectivity index (χ2n) is 3.88. The van der Waals surface area contributed by atoms with Crippen molar-refractivity contribution in [3.05, 3.63) is 17.3 Å². The molecule has 20 heavy (non-hydrogen) atoms. The number of nitrogens with zero attached hydrogens (tertiary/aromatic N) is 2. The normalized spacial score (nSPS) is 11.8. The smallest absolute Gasteiger partial charge is 0.244 e. The average molecular weight is 324 g/mol. The van der Waals surface area contributed by atoms with Crippen LogP contribution in [0.2, 0.25) is 5.02 Å². The molecule has 3 N–H and O–H groups in total. The first kappa shape index (κ1) is 17.1. The van der Waals surface area contributed by atoms with Crippen molar-refractivity contribution in [3.8, 4) is 0 Å². The second kappa shape index (κ2) is 7.75. The Hall–Kier alpha value is -0.930. The number of nitrogens with one attached hydrogen (secondary N) is 1. The maximum absolute atomic E-state index is 12.3. The summed E-state index contributed by atoms with van der Waals surface area (Å²) in [6.45, 7) is 1.60. The van der Waals surface area contributed by atoms with E-state index in [2.05, 4.69) is 10.3 Å². The average Bonchev–Trinajstić information content (AvgIpc) is 2.41. The van der Waals surface area contributed by atoms with Crippen LogP contribution in [0.25, 0.3) is 0 Å². The van der Waals surface area contributed by atoms with Crippen LogP contribution in [-0.4, -0.2) is 60.8 Å². The van der Waals surface area contributed by atoms with Crippen LogP contribution >= 0.6 is 11.6 Å². The summed E-state index contributed by atoms with van der Waals surface area (Å²) in [6.07, 6.45) is 1.20. The predicted molar refractivity (Wildman–Crippen MR) is 76.3 cm³/mol. The van der Waals surface area contributed by atoms with E-state index in [4.69, 9.17) is 21.8 Å². The van der Waals surface area contributed by atoms with Gasteiger partial charge in [-0.25, -0.2) is 13.4 Å². The molecule has 0 aliphatic rings. The van der Waals surface area contributed by atoms with Gasteiger partial charge in [0.25, 0.3) is 0 Å². The van der Waals surface area contributed by atoms with Crippen LogP contribution in [0, 0.1) is 0 Å². The number of sulfonamides is 1. The number of pyridine rings is 1. The number of rotatable bonds is 8. The van der Waals surface area contributed by atoms with Gasteiger partial charge in [0.1, 0.15) is 10.7 Å². The molecule has 0 bridgehead atoms. The molecule has 0 aliphatic carbocycles. The predicted octanol–water partition coefficient (Wildman–Crippen LogP) is 0.142. The van der Waals surface area contributed by atoms with Crippen molar-refractivity contribution in [1.82, 2.24) is 9.29 Å². The molecule has 9 heteroatoms. The summed E-state index contributed by atoms with van der Waals surface area (Å²) in [7, 11) is -3.84. The minimum Gasteiger partial charge on any atom is -0.395 e. The molecule has 0 radical (unpaired) electrons. The van der Waals surface area contributed by atoms with Gasteiger partial charge in [0.05, 0.1) is 18.2 Å². The monoisotopic (exact) mass is 323 g/mol. The molecule has 0 fully saturated rings. The van der Waals surface area contributed by atoms with Crippen molar-refractivity contribution >= 4 is 27.4 Å². The molecule has 1 aromatic heterocycles. The first-order chi connectivity index (χ1) is 9.47. The maximum Gasteiger partial charge on any atom is 0.244 e. The van der Waals surface area contributed by atoms with Gasteiger partial charge in [0.2, 0.25) is 10.0 Å². The van der Waals surface area contributed by atoms with Crippen molar-refractivity contribution < 1.29 is 18.6 Å². The Morgan fingerprint density at radius 3 is 2.40 bits per heavy atom. The Bertz CT molecular complexity index is 532. The fourth-order valence-corrected chi connectivity index (χ4v) is 3.28. The highest BCUT2D eigenvalue weighted by Crippen LogP contribution is 2.24. The first-order valence-corrected chi connectivity index (χ1v) is 7.90. The standard InChI is InChI=1S/C11H18ClN3O4S/c1-2-13-11-10(12)7-9(8-14-11)20(18,19)15(3-5-16)4-6-17/h7-8,16-17H,2-6H2,1H3,(H,13,14). The second-order valence-corrected chi connectivity index (χ2v) is 6.23. The zero-order chi connectivity index (χ0) is 15.2. The number of halogens is 1. The van der Waals surface area contributed by atoms with E-state index in [0.717, 1.165) is 4.31 Å². The van der Waals surface area contributed by atoms with Gasteiger partial charge in [0, 0.05) is 25.8 Å². The van der Waals surface area contributed by atoms with E-state index in [0.29, 0.717) is 12.4 Å². The Morgan fingerprint density at radius 1 is 1.35 bits per heavy atom. The summed E-state index contributed by atoms with van der Waals surface area (Å²) in [5.41, 5.74) is 0. The highest BCUT2D eigenvalue weighted by molar-refractivity contribution is 7.89. The summed E-state index contributed by atoms with van der Waals surface area (Å²) in [5.74, 6) is 0.406. The van der Waals surface area contributed by atoms with E-state index in [1.807, 2.05) is 6.92 Å². The van der Waals surface area contributed by atoms with Gasteiger partial charge in [-0.1, -0.05) is 11.6 Å². The third kappa shape index (κ3) is 4.03. The number of anilines is 1. The molecule has 0 spiro atoms. The van der Waals surface area contributed by atoms with Crippen molar-refractivity contribution in [2.24, 2.45) is 0 Å². The molecule has 0 aliphatic heterocycles. The Kier molecular flexibility index (Phi) is 6.63. The third-order valence-electron chi connectivity index (χ3n) is 2.50. The Balaban J connectivity index is 3.10. The summed E-state index contributed by atoms with van der Waals surface area (Å²) < 4.78 is 25.6. The highest BCUT2D eigenvalue weighted by atomic mass is 35.5. The topological polar surface area (TPSA) is 103 Å². The minimum atomic E-state index is -3.84. The van der Waals surface area contributed by atoms with E-state index in [1.165, 1.54) is 12.3 Å². The number of hydrogen-bond acceptors (Lipinski definition) is 6. The number of aliphatic hydroxyl groups is 2. The van der Waals surface area contributed by atoms with Crippen LogP contribution in [0.3, 0.4) is 0 Å². The fraction of sp³-hybridized carbons (Fsp3) is 0.545. The van der Waals surface area contributed by atoms with E-state index in [-0.39, 0.29) is 36.2 Å². The molecule has 0 saturated carbocycles. The molecule has 1 heterocycles. The lowest BCUT2D eigenvalue weighted by molar-refractivity contribution is 0.217. The summed E-state index contributed by atoms with van der Waals surface area (Å²) in [6, 6.07) is 1.30. The molecule has 1 rings (SSSR count). The summed E-state index contributed by atoms with van der Waals surface area (Å²) in [5, 5.41) is 20.9. The van der Waals surface area contributed by atoms with Crippen LogP contribution in [-0.2, 0) is 10.0 Å². The van der Waals surface area contributed by atoms with E-state index in [1.54, 1.807) is 0 Å². The van der Waals surface area contributed by atoms with Gasteiger partial charge in [-0.2, -0.15) is 4.31 Å². The van der Waals surface area contributed by atoms with E-state index >= 15 is 0 Å². The van der Waals surface area contributed by atoms with E-state index in [9.17, 15) is 8.42 Å². The number of aromatic nitrogens is 1. The lowest BCUT2D eigenvalue weighted by atomic mass is 10.4. The van der Waals surface area contributed by atoms with Crippen LogP contribution in [0.4, 0.5) is 5.82 Å². The quantitative estimate of drug-likeness (QED) is 0.629. The third-order valence-corrected chi connectivity index (χ3v) is 4.65. The van der Waals surface area contributed by atoms with Gasteiger partial charge in [-0.05, 0) is 13.0 Å². The zero-order valence-corrected chi connectivity index (χ0v) is 12.7. The molecular weight excluding hydrogens is 306 g/mol. The number of hydrogen-bond donors (Lipinski definition) is 3. The lowest BCUT2D eigenvalue weighted by Crippen LogP contribution is -2.35. The van der Waals surface area contributed by atoms with Gasteiger partial charge >= 0.3 is 0 Å². The van der Waals surface area contributed by atoms with E-state index < -0.39 is 10.0 Å². The molecule has 0 atom stereocenters. The van der Waals surface area contributed by atoms with Crippen LogP contribution in [0.5, 0.6) is 0 Å². The van der Waals surface area contributed by atoms with Crippen molar-refractivity contribution in [1.29, 1.82) is 0 Å². The SMILES string of the molecule is CCNc1ncc(S(=O)(=O)N(CCO)CCO)cc1Cl. The van der Waals surface area contributed by atoms with Crippen molar-refractivity contribution in [2.75, 3.05) is 38.2 Å². The molecule has 114 valence electrons. The molecule has 1 aromatic rings. The molecular formula is C11H18ClN3O4S. The zero-order valence-electron chi connectivity index (χ0n) is 11.1. The van der Waals surface area contributed by atoms with Gasteiger partial charge in [-0.3, -0.25) is 0 Å². The fourth-order valence-electron chi connectivity index (χ4n) is 1.58.